The zero-order valence-corrected chi connectivity index (χ0v) is 17.6. The Bertz CT molecular complexity index is 895. The molecule has 0 radical (unpaired) electrons. The van der Waals surface area contributed by atoms with E-state index in [1.165, 1.54) is 4.21 Å². The number of furan rings is 1. The van der Waals surface area contributed by atoms with Gasteiger partial charge < -0.3 is 14.6 Å². The minimum atomic E-state index is 0. The summed E-state index contributed by atoms with van der Waals surface area (Å²) in [6.45, 7) is 2.55. The van der Waals surface area contributed by atoms with Crippen molar-refractivity contribution in [3.63, 3.8) is 0 Å². The number of halogens is 1. The maximum Gasteiger partial charge on any atom is 0.289 e. The van der Waals surface area contributed by atoms with Crippen LogP contribution in [0.25, 0.3) is 11.0 Å². The normalized spacial score (nSPS) is 16.6. The lowest BCUT2D eigenvalue weighted by Gasteiger charge is -2.16. The van der Waals surface area contributed by atoms with Crippen LogP contribution in [0.4, 0.5) is 0 Å². The first-order valence-electron chi connectivity index (χ1n) is 8.87. The summed E-state index contributed by atoms with van der Waals surface area (Å²) >= 11 is 3.49. The Morgan fingerprint density at radius 2 is 2.19 bits per heavy atom. The highest BCUT2D eigenvalue weighted by atomic mass is 35.5. The zero-order chi connectivity index (χ0) is 17.9. The van der Waals surface area contributed by atoms with Gasteiger partial charge in [-0.05, 0) is 43.4 Å². The third-order valence-corrected chi connectivity index (χ3v) is 6.97. The first-order valence-corrected chi connectivity index (χ1v) is 10.7. The Balaban J connectivity index is 0.00000210. The number of hydrogen-bond acceptors (Lipinski definition) is 5. The van der Waals surface area contributed by atoms with Crippen LogP contribution in [0.15, 0.2) is 50.4 Å². The largest absolute Gasteiger partial charge is 0.451 e. The molecule has 0 spiro atoms. The summed E-state index contributed by atoms with van der Waals surface area (Å²) in [7, 11) is 1.96. The molecule has 3 aromatic rings. The molecule has 1 unspecified atom stereocenters. The number of thiophene rings is 1. The van der Waals surface area contributed by atoms with Gasteiger partial charge in [0.25, 0.3) is 5.91 Å². The minimum absolute atomic E-state index is 0. The van der Waals surface area contributed by atoms with Gasteiger partial charge in [0, 0.05) is 29.8 Å². The average Bonchev–Trinajstić information content (AvgIpc) is 3.39. The van der Waals surface area contributed by atoms with Gasteiger partial charge in [-0.2, -0.15) is 0 Å². The molecule has 0 bridgehead atoms. The molecule has 27 heavy (non-hydrogen) atoms. The summed E-state index contributed by atoms with van der Waals surface area (Å²) in [4.78, 5) is 15.1. The molecule has 144 valence electrons. The molecule has 1 saturated heterocycles. The molecule has 1 N–H and O–H groups in total. The second kappa shape index (κ2) is 9.15. The van der Waals surface area contributed by atoms with E-state index >= 15 is 0 Å². The molecule has 2 aromatic heterocycles. The highest BCUT2D eigenvalue weighted by Gasteiger charge is 2.30. The molecule has 1 aliphatic heterocycles. The van der Waals surface area contributed by atoms with E-state index in [2.05, 4.69) is 22.8 Å². The number of amides is 1. The van der Waals surface area contributed by atoms with E-state index in [1.807, 2.05) is 36.2 Å². The number of likely N-dealkylation sites (tertiary alicyclic amines) is 1. The van der Waals surface area contributed by atoms with Crippen molar-refractivity contribution in [2.45, 2.75) is 16.4 Å². The Hall–Kier alpha value is -1.47. The van der Waals surface area contributed by atoms with Crippen molar-refractivity contribution in [3.8, 4) is 0 Å². The predicted molar refractivity (Wildman–Crippen MR) is 115 cm³/mol. The number of carbonyl (C=O) groups excluding carboxylic acids is 1. The van der Waals surface area contributed by atoms with Gasteiger partial charge >= 0.3 is 0 Å². The number of carbonyl (C=O) groups is 1. The first kappa shape index (κ1) is 20.3. The molecule has 4 nitrogen and oxygen atoms in total. The van der Waals surface area contributed by atoms with E-state index in [0.29, 0.717) is 11.7 Å². The summed E-state index contributed by atoms with van der Waals surface area (Å²) in [5, 5.41) is 6.34. The highest BCUT2D eigenvalue weighted by molar-refractivity contribution is 8.00. The Morgan fingerprint density at radius 1 is 1.33 bits per heavy atom. The SMILES string of the molecule is CNCC1CCN(C(=O)c2oc3ccccc3c2CSc2cccs2)C1.Cl. The number of benzene rings is 1. The second-order valence-corrected chi connectivity index (χ2v) is 8.81. The Morgan fingerprint density at radius 3 is 2.96 bits per heavy atom. The molecular formula is C20H23ClN2O2S2. The standard InChI is InChI=1S/C20H22N2O2S2.ClH/c1-21-11-14-8-9-22(12-14)20(23)19-16(13-26-18-7-4-10-25-18)15-5-2-3-6-17(15)24-19;/h2-7,10,14,21H,8-9,11-13H2,1H3;1H. The number of nitrogens with one attached hydrogen (secondary N) is 1. The topological polar surface area (TPSA) is 45.5 Å². The van der Waals surface area contributed by atoms with Crippen molar-refractivity contribution < 1.29 is 9.21 Å². The summed E-state index contributed by atoms with van der Waals surface area (Å²) in [5.74, 6) is 1.81. The van der Waals surface area contributed by atoms with E-state index in [9.17, 15) is 4.79 Å². The third kappa shape index (κ3) is 4.35. The van der Waals surface area contributed by atoms with Gasteiger partial charge in [-0.15, -0.1) is 35.5 Å². The van der Waals surface area contributed by atoms with Gasteiger partial charge in [-0.1, -0.05) is 24.3 Å². The molecule has 1 atom stereocenters. The van der Waals surface area contributed by atoms with Crippen molar-refractivity contribution in [1.29, 1.82) is 0 Å². The lowest BCUT2D eigenvalue weighted by Crippen LogP contribution is -2.30. The van der Waals surface area contributed by atoms with Crippen LogP contribution >= 0.6 is 35.5 Å². The summed E-state index contributed by atoms with van der Waals surface area (Å²) in [6, 6.07) is 12.1. The average molecular weight is 423 g/mol. The Labute approximate surface area is 173 Å². The monoisotopic (exact) mass is 422 g/mol. The summed E-state index contributed by atoms with van der Waals surface area (Å²) in [6.07, 6.45) is 1.05. The molecule has 1 fully saturated rings. The predicted octanol–water partition coefficient (Wildman–Crippen LogP) is 4.89. The van der Waals surface area contributed by atoms with Crippen molar-refractivity contribution in [3.05, 3.63) is 53.1 Å². The highest BCUT2D eigenvalue weighted by Crippen LogP contribution is 2.34. The van der Waals surface area contributed by atoms with Crippen LogP contribution in [-0.4, -0.2) is 37.5 Å². The van der Waals surface area contributed by atoms with Gasteiger partial charge in [-0.25, -0.2) is 0 Å². The van der Waals surface area contributed by atoms with Crippen molar-refractivity contribution in [2.75, 3.05) is 26.7 Å². The molecule has 1 amide bonds. The zero-order valence-electron chi connectivity index (χ0n) is 15.1. The van der Waals surface area contributed by atoms with Crippen LogP contribution in [0, 0.1) is 5.92 Å². The quantitative estimate of drug-likeness (QED) is 0.574. The van der Waals surface area contributed by atoms with Crippen molar-refractivity contribution in [1.82, 2.24) is 10.2 Å². The fourth-order valence-corrected chi connectivity index (χ4v) is 5.33. The number of rotatable bonds is 6. The second-order valence-electron chi connectivity index (χ2n) is 6.59. The van der Waals surface area contributed by atoms with Gasteiger partial charge in [0.2, 0.25) is 0 Å². The van der Waals surface area contributed by atoms with Gasteiger partial charge in [0.05, 0.1) is 4.21 Å². The Kier molecular flexibility index (Phi) is 6.87. The molecule has 7 heteroatoms. The number of thioether (sulfide) groups is 1. The summed E-state index contributed by atoms with van der Waals surface area (Å²) in [5.41, 5.74) is 1.81. The molecule has 1 aliphatic rings. The number of nitrogens with zero attached hydrogens (tertiary/aromatic N) is 1. The number of fused-ring (bicyclic) bond motifs is 1. The van der Waals surface area contributed by atoms with Crippen LogP contribution in [0.1, 0.15) is 22.5 Å². The van der Waals surface area contributed by atoms with Gasteiger partial charge in [0.15, 0.2) is 5.76 Å². The van der Waals surface area contributed by atoms with Gasteiger partial charge in [0.1, 0.15) is 5.58 Å². The lowest BCUT2D eigenvalue weighted by atomic mass is 10.1. The van der Waals surface area contributed by atoms with Crippen LogP contribution in [0.3, 0.4) is 0 Å². The maximum absolute atomic E-state index is 13.2. The first-order chi connectivity index (χ1) is 12.8. The fourth-order valence-electron chi connectivity index (χ4n) is 3.52. The summed E-state index contributed by atoms with van der Waals surface area (Å²) < 4.78 is 7.28. The molecular weight excluding hydrogens is 400 g/mol. The van der Waals surface area contributed by atoms with E-state index in [0.717, 1.165) is 48.3 Å². The molecule has 0 aliphatic carbocycles. The van der Waals surface area contributed by atoms with Crippen LogP contribution in [-0.2, 0) is 5.75 Å². The maximum atomic E-state index is 13.2. The van der Waals surface area contributed by atoms with Crippen molar-refractivity contribution >= 4 is 52.4 Å². The van der Waals surface area contributed by atoms with Crippen LogP contribution < -0.4 is 5.32 Å². The number of hydrogen-bond donors (Lipinski definition) is 1. The van der Waals surface area contributed by atoms with Crippen molar-refractivity contribution in [2.24, 2.45) is 5.92 Å². The number of para-hydroxylation sites is 1. The lowest BCUT2D eigenvalue weighted by molar-refractivity contribution is 0.0757. The minimum Gasteiger partial charge on any atom is -0.451 e. The van der Waals surface area contributed by atoms with Crippen LogP contribution in [0.2, 0.25) is 0 Å². The molecule has 4 rings (SSSR count). The van der Waals surface area contributed by atoms with E-state index in [-0.39, 0.29) is 18.3 Å². The third-order valence-electron chi connectivity index (χ3n) is 4.81. The molecule has 3 heterocycles. The molecule has 0 saturated carbocycles. The van der Waals surface area contributed by atoms with Gasteiger partial charge in [-0.3, -0.25) is 4.79 Å². The fraction of sp³-hybridized carbons (Fsp3) is 0.350. The smallest absolute Gasteiger partial charge is 0.289 e. The van der Waals surface area contributed by atoms with Crippen LogP contribution in [0.5, 0.6) is 0 Å². The van der Waals surface area contributed by atoms with E-state index in [1.54, 1.807) is 23.1 Å². The van der Waals surface area contributed by atoms with E-state index < -0.39 is 0 Å². The van der Waals surface area contributed by atoms with E-state index in [4.69, 9.17) is 4.42 Å². The molecule has 1 aromatic carbocycles.